The standard InChI is InChI=1S/C17H29FN2/c1-12(2)10-20(11-13(3)4)17(9-19)15-8-14(5)6-7-16(15)18/h6-8,12-13,17H,9-11,19H2,1-5H3. The van der Waals surface area contributed by atoms with Gasteiger partial charge in [0.25, 0.3) is 0 Å². The van der Waals surface area contributed by atoms with Gasteiger partial charge in [-0.15, -0.1) is 0 Å². The SMILES string of the molecule is Cc1ccc(F)c(C(CN)N(CC(C)C)CC(C)C)c1. The van der Waals surface area contributed by atoms with Crippen molar-refractivity contribution in [3.05, 3.63) is 35.1 Å². The van der Waals surface area contributed by atoms with Crippen LogP contribution in [0.5, 0.6) is 0 Å². The van der Waals surface area contributed by atoms with Crippen LogP contribution in [-0.4, -0.2) is 24.5 Å². The molecule has 0 spiro atoms. The molecule has 1 rings (SSSR count). The fourth-order valence-electron chi connectivity index (χ4n) is 2.66. The molecule has 0 amide bonds. The summed E-state index contributed by atoms with van der Waals surface area (Å²) in [5.74, 6) is 0.926. The van der Waals surface area contributed by atoms with E-state index in [1.807, 2.05) is 19.1 Å². The van der Waals surface area contributed by atoms with Crippen LogP contribution in [-0.2, 0) is 0 Å². The molecule has 2 N–H and O–H groups in total. The zero-order valence-electron chi connectivity index (χ0n) is 13.5. The molecule has 1 atom stereocenters. The van der Waals surface area contributed by atoms with Crippen molar-refractivity contribution < 1.29 is 4.39 Å². The lowest BCUT2D eigenvalue weighted by Crippen LogP contribution is -2.39. The summed E-state index contributed by atoms with van der Waals surface area (Å²) in [6, 6.07) is 5.25. The van der Waals surface area contributed by atoms with E-state index in [2.05, 4.69) is 32.6 Å². The molecule has 0 aliphatic heterocycles. The number of aryl methyl sites for hydroxylation is 1. The Balaban J connectivity index is 3.07. The number of nitrogens with zero attached hydrogens (tertiary/aromatic N) is 1. The van der Waals surface area contributed by atoms with E-state index in [9.17, 15) is 4.39 Å². The van der Waals surface area contributed by atoms with Gasteiger partial charge in [-0.25, -0.2) is 4.39 Å². The summed E-state index contributed by atoms with van der Waals surface area (Å²) < 4.78 is 14.2. The number of hydrogen-bond donors (Lipinski definition) is 1. The Morgan fingerprint density at radius 3 is 2.10 bits per heavy atom. The van der Waals surface area contributed by atoms with Gasteiger partial charge in [0.15, 0.2) is 0 Å². The van der Waals surface area contributed by atoms with E-state index in [4.69, 9.17) is 5.73 Å². The summed E-state index contributed by atoms with van der Waals surface area (Å²) in [5, 5.41) is 0. The molecular formula is C17H29FN2. The van der Waals surface area contributed by atoms with Crippen LogP contribution in [0.25, 0.3) is 0 Å². The third-order valence-electron chi connectivity index (χ3n) is 3.37. The molecule has 1 aromatic rings. The highest BCUT2D eigenvalue weighted by Gasteiger charge is 2.23. The van der Waals surface area contributed by atoms with Gasteiger partial charge >= 0.3 is 0 Å². The van der Waals surface area contributed by atoms with Gasteiger partial charge < -0.3 is 5.73 Å². The maximum absolute atomic E-state index is 14.2. The van der Waals surface area contributed by atoms with E-state index in [0.29, 0.717) is 18.4 Å². The quantitative estimate of drug-likeness (QED) is 0.824. The minimum atomic E-state index is -0.149. The zero-order chi connectivity index (χ0) is 15.3. The van der Waals surface area contributed by atoms with Gasteiger partial charge in [-0.05, 0) is 24.8 Å². The van der Waals surface area contributed by atoms with Gasteiger partial charge in [-0.2, -0.15) is 0 Å². The molecule has 3 heteroatoms. The van der Waals surface area contributed by atoms with Gasteiger partial charge in [-0.1, -0.05) is 45.4 Å². The molecule has 1 aromatic carbocycles. The first-order chi connectivity index (χ1) is 9.35. The topological polar surface area (TPSA) is 29.3 Å². The highest BCUT2D eigenvalue weighted by molar-refractivity contribution is 5.27. The van der Waals surface area contributed by atoms with Crippen LogP contribution in [0.4, 0.5) is 4.39 Å². The molecule has 0 aliphatic carbocycles. The van der Waals surface area contributed by atoms with Crippen LogP contribution in [0.3, 0.4) is 0 Å². The van der Waals surface area contributed by atoms with Crippen molar-refractivity contribution >= 4 is 0 Å². The summed E-state index contributed by atoms with van der Waals surface area (Å²) >= 11 is 0. The Kier molecular flexibility index (Phi) is 6.63. The third kappa shape index (κ3) is 4.88. The molecule has 2 nitrogen and oxygen atoms in total. The largest absolute Gasteiger partial charge is 0.329 e. The summed E-state index contributed by atoms with van der Waals surface area (Å²) in [6.45, 7) is 13.1. The lowest BCUT2D eigenvalue weighted by molar-refractivity contribution is 0.157. The predicted octanol–water partition coefficient (Wildman–Crippen LogP) is 3.75. The van der Waals surface area contributed by atoms with E-state index < -0.39 is 0 Å². The second-order valence-electron chi connectivity index (χ2n) is 6.52. The molecule has 0 saturated heterocycles. The minimum Gasteiger partial charge on any atom is -0.329 e. The molecule has 0 saturated carbocycles. The van der Waals surface area contributed by atoms with Crippen molar-refractivity contribution in [1.29, 1.82) is 0 Å². The highest BCUT2D eigenvalue weighted by Crippen LogP contribution is 2.25. The average Bonchev–Trinajstić information content (AvgIpc) is 2.32. The second kappa shape index (κ2) is 7.75. The fraction of sp³-hybridized carbons (Fsp3) is 0.647. The van der Waals surface area contributed by atoms with Crippen LogP contribution in [0.1, 0.15) is 44.9 Å². The number of hydrogen-bond acceptors (Lipinski definition) is 2. The number of rotatable bonds is 7. The van der Waals surface area contributed by atoms with Crippen molar-refractivity contribution in [2.75, 3.05) is 19.6 Å². The van der Waals surface area contributed by atoms with E-state index in [-0.39, 0.29) is 11.9 Å². The Morgan fingerprint density at radius 2 is 1.65 bits per heavy atom. The molecule has 0 fully saturated rings. The summed E-state index contributed by atoms with van der Waals surface area (Å²) in [7, 11) is 0. The number of nitrogens with two attached hydrogens (primary N) is 1. The molecule has 0 bridgehead atoms. The minimum absolute atomic E-state index is 0.0419. The maximum Gasteiger partial charge on any atom is 0.128 e. The monoisotopic (exact) mass is 280 g/mol. The Labute approximate surface area is 123 Å². The van der Waals surface area contributed by atoms with E-state index in [0.717, 1.165) is 24.2 Å². The van der Waals surface area contributed by atoms with Crippen LogP contribution >= 0.6 is 0 Å². The van der Waals surface area contributed by atoms with Gasteiger partial charge in [0.05, 0.1) is 0 Å². The van der Waals surface area contributed by atoms with Crippen molar-refractivity contribution in [1.82, 2.24) is 4.90 Å². The Morgan fingerprint density at radius 1 is 1.10 bits per heavy atom. The molecule has 114 valence electrons. The lowest BCUT2D eigenvalue weighted by atomic mass is 9.99. The first-order valence-corrected chi connectivity index (χ1v) is 7.55. The Hall–Kier alpha value is -0.930. The normalized spacial score (nSPS) is 13.5. The highest BCUT2D eigenvalue weighted by atomic mass is 19.1. The van der Waals surface area contributed by atoms with Crippen molar-refractivity contribution in [2.24, 2.45) is 17.6 Å². The summed E-state index contributed by atoms with van der Waals surface area (Å²) in [6.07, 6.45) is 0. The maximum atomic E-state index is 14.2. The fourth-order valence-corrected chi connectivity index (χ4v) is 2.66. The summed E-state index contributed by atoms with van der Waals surface area (Å²) in [5.41, 5.74) is 7.78. The van der Waals surface area contributed by atoms with Gasteiger partial charge in [0.1, 0.15) is 5.82 Å². The first kappa shape index (κ1) is 17.1. The Bertz CT molecular complexity index is 405. The van der Waals surface area contributed by atoms with Crippen LogP contribution in [0, 0.1) is 24.6 Å². The van der Waals surface area contributed by atoms with E-state index in [1.54, 1.807) is 6.07 Å². The molecule has 20 heavy (non-hydrogen) atoms. The van der Waals surface area contributed by atoms with E-state index >= 15 is 0 Å². The third-order valence-corrected chi connectivity index (χ3v) is 3.37. The second-order valence-corrected chi connectivity index (χ2v) is 6.52. The summed E-state index contributed by atoms with van der Waals surface area (Å²) in [4.78, 5) is 2.33. The molecule has 0 aromatic heterocycles. The molecule has 1 unspecified atom stereocenters. The van der Waals surface area contributed by atoms with Gasteiger partial charge in [-0.3, -0.25) is 4.90 Å². The first-order valence-electron chi connectivity index (χ1n) is 7.55. The molecule has 0 radical (unpaired) electrons. The predicted molar refractivity (Wildman–Crippen MR) is 84.2 cm³/mol. The molecular weight excluding hydrogens is 251 g/mol. The smallest absolute Gasteiger partial charge is 0.128 e. The van der Waals surface area contributed by atoms with Crippen LogP contribution < -0.4 is 5.73 Å². The van der Waals surface area contributed by atoms with Gasteiger partial charge in [0.2, 0.25) is 0 Å². The zero-order valence-corrected chi connectivity index (χ0v) is 13.5. The average molecular weight is 280 g/mol. The van der Waals surface area contributed by atoms with Crippen molar-refractivity contribution in [2.45, 2.75) is 40.7 Å². The van der Waals surface area contributed by atoms with Gasteiger partial charge in [0, 0.05) is 31.2 Å². The van der Waals surface area contributed by atoms with Crippen LogP contribution in [0.2, 0.25) is 0 Å². The van der Waals surface area contributed by atoms with Crippen LogP contribution in [0.15, 0.2) is 18.2 Å². The number of benzene rings is 1. The van der Waals surface area contributed by atoms with Crippen molar-refractivity contribution in [3.8, 4) is 0 Å². The number of halogens is 1. The lowest BCUT2D eigenvalue weighted by Gasteiger charge is -2.34. The molecule has 0 heterocycles. The molecule has 0 aliphatic rings. The van der Waals surface area contributed by atoms with E-state index in [1.165, 1.54) is 0 Å². The van der Waals surface area contributed by atoms with Crippen molar-refractivity contribution in [3.63, 3.8) is 0 Å².